The van der Waals surface area contributed by atoms with Crippen LogP contribution in [0.1, 0.15) is 44.1 Å². The molecule has 1 N–H and O–H groups in total. The Labute approximate surface area is 197 Å². The Kier molecular flexibility index (Phi) is 7.80. The number of Topliss-reactive ketones (excluding diaryl/α,β-unsaturated/α-hetero) is 1. The van der Waals surface area contributed by atoms with Crippen molar-refractivity contribution in [2.24, 2.45) is 0 Å². The van der Waals surface area contributed by atoms with Gasteiger partial charge in [0.05, 0.1) is 12.1 Å². The third-order valence-electron chi connectivity index (χ3n) is 7.51. The summed E-state index contributed by atoms with van der Waals surface area (Å²) in [4.78, 5) is 45.5. The Morgan fingerprint density at radius 1 is 1.00 bits per heavy atom. The molecule has 8 nitrogen and oxygen atoms in total. The fourth-order valence-corrected chi connectivity index (χ4v) is 5.39. The number of ketones is 1. The van der Waals surface area contributed by atoms with Crippen LogP contribution in [0, 0.1) is 0 Å². The first-order valence-corrected chi connectivity index (χ1v) is 11.8. The number of carbonyl (C=O) groups excluding carboxylic acids is 3. The number of urea groups is 1. The topological polar surface area (TPSA) is 84.4 Å². The number of likely N-dealkylation sites (N-methyl/N-ethyl adjacent to an activating group) is 1. The maximum absolute atomic E-state index is 13.4. The summed E-state index contributed by atoms with van der Waals surface area (Å²) in [6.07, 6.45) is 3.88. The molecule has 1 aliphatic heterocycles. The molecule has 1 aliphatic carbocycles. The molecule has 0 aromatic heterocycles. The molecular weight excluding hydrogens is 420 g/mol. The number of carbonyl (C=O) groups is 3. The Hall–Kier alpha value is -2.45. The Morgan fingerprint density at radius 2 is 1.64 bits per heavy atom. The van der Waals surface area contributed by atoms with E-state index in [9.17, 15) is 14.4 Å². The van der Waals surface area contributed by atoms with Crippen molar-refractivity contribution in [2.75, 3.05) is 54.4 Å². The van der Waals surface area contributed by atoms with Gasteiger partial charge in [-0.25, -0.2) is 4.79 Å². The van der Waals surface area contributed by atoms with Crippen molar-refractivity contribution in [3.63, 3.8) is 0 Å². The molecule has 2 fully saturated rings. The SMILES string of the molecule is CN(C)C(=O)CN1C(=O)N(CC(=O)CCCO)CC12CCC(c1ccccc1)(N(C)C)CC2. The third kappa shape index (κ3) is 5.06. The van der Waals surface area contributed by atoms with Gasteiger partial charge in [-0.2, -0.15) is 0 Å². The zero-order chi connectivity index (χ0) is 24.2. The second-order valence-electron chi connectivity index (χ2n) is 9.90. The molecule has 182 valence electrons. The van der Waals surface area contributed by atoms with E-state index in [2.05, 4.69) is 43.3 Å². The molecule has 3 amide bonds. The van der Waals surface area contributed by atoms with E-state index >= 15 is 0 Å². The Balaban J connectivity index is 1.85. The van der Waals surface area contributed by atoms with Crippen molar-refractivity contribution in [1.29, 1.82) is 0 Å². The first kappa shape index (κ1) is 25.2. The van der Waals surface area contributed by atoms with Gasteiger partial charge >= 0.3 is 6.03 Å². The summed E-state index contributed by atoms with van der Waals surface area (Å²) < 4.78 is 0. The quantitative estimate of drug-likeness (QED) is 0.611. The van der Waals surface area contributed by atoms with Crippen LogP contribution in [0.4, 0.5) is 4.79 Å². The number of hydrogen-bond acceptors (Lipinski definition) is 5. The molecule has 8 heteroatoms. The van der Waals surface area contributed by atoms with Crippen LogP contribution in [-0.2, 0) is 15.1 Å². The number of aliphatic hydroxyl groups excluding tert-OH is 1. The first-order chi connectivity index (χ1) is 15.6. The predicted octanol–water partition coefficient (Wildman–Crippen LogP) is 1.92. The lowest BCUT2D eigenvalue weighted by Gasteiger charge is -2.51. The van der Waals surface area contributed by atoms with Gasteiger partial charge in [0, 0.05) is 39.2 Å². The number of benzene rings is 1. The van der Waals surface area contributed by atoms with Gasteiger partial charge in [-0.15, -0.1) is 0 Å². The maximum atomic E-state index is 13.4. The molecule has 0 bridgehead atoms. The average Bonchev–Trinajstić information content (AvgIpc) is 3.04. The smallest absolute Gasteiger partial charge is 0.321 e. The van der Waals surface area contributed by atoms with E-state index in [1.54, 1.807) is 23.9 Å². The van der Waals surface area contributed by atoms with Crippen LogP contribution in [0.25, 0.3) is 0 Å². The highest BCUT2D eigenvalue weighted by molar-refractivity contribution is 5.89. The molecule has 2 aliphatic rings. The predicted molar refractivity (Wildman–Crippen MR) is 127 cm³/mol. The summed E-state index contributed by atoms with van der Waals surface area (Å²) in [5.74, 6) is -0.181. The molecule has 1 aromatic carbocycles. The summed E-state index contributed by atoms with van der Waals surface area (Å²) >= 11 is 0. The van der Waals surface area contributed by atoms with Crippen LogP contribution in [0.5, 0.6) is 0 Å². The lowest BCUT2D eigenvalue weighted by molar-refractivity contribution is -0.130. The van der Waals surface area contributed by atoms with Crippen molar-refractivity contribution < 1.29 is 19.5 Å². The summed E-state index contributed by atoms with van der Waals surface area (Å²) in [7, 11) is 7.59. The molecule has 33 heavy (non-hydrogen) atoms. The van der Waals surface area contributed by atoms with Crippen LogP contribution in [0.3, 0.4) is 0 Å². The van der Waals surface area contributed by atoms with Crippen molar-refractivity contribution >= 4 is 17.7 Å². The summed E-state index contributed by atoms with van der Waals surface area (Å²) in [5.41, 5.74) is 0.673. The number of amides is 3. The largest absolute Gasteiger partial charge is 0.396 e. The molecule has 0 unspecified atom stereocenters. The summed E-state index contributed by atoms with van der Waals surface area (Å²) in [6, 6.07) is 10.2. The van der Waals surface area contributed by atoms with Crippen LogP contribution in [0.2, 0.25) is 0 Å². The van der Waals surface area contributed by atoms with Gasteiger partial charge < -0.3 is 19.8 Å². The van der Waals surface area contributed by atoms with E-state index in [1.165, 1.54) is 10.5 Å². The normalized spacial score (nSPS) is 25.2. The molecule has 1 spiro atoms. The maximum Gasteiger partial charge on any atom is 0.321 e. The standard InChI is InChI=1S/C25H38N4O4/c1-26(2)22(32)18-29-23(33)28(17-21(31)11-8-16-30)19-24(29)12-14-25(15-13-24,27(3)4)20-9-6-5-7-10-20/h5-7,9-10,30H,8,11-19H2,1-4H3. The molecule has 1 heterocycles. The van der Waals surface area contributed by atoms with E-state index in [0.29, 0.717) is 13.0 Å². The fraction of sp³-hybridized carbons (Fsp3) is 0.640. The van der Waals surface area contributed by atoms with Crippen molar-refractivity contribution in [3.05, 3.63) is 35.9 Å². The average molecular weight is 459 g/mol. The lowest BCUT2D eigenvalue weighted by Crippen LogP contribution is -2.57. The van der Waals surface area contributed by atoms with Gasteiger partial charge in [0.2, 0.25) is 5.91 Å². The van der Waals surface area contributed by atoms with Gasteiger partial charge in [-0.3, -0.25) is 14.5 Å². The van der Waals surface area contributed by atoms with Crippen molar-refractivity contribution in [3.8, 4) is 0 Å². The number of aliphatic hydroxyl groups is 1. The molecule has 1 saturated carbocycles. The zero-order valence-electron chi connectivity index (χ0n) is 20.4. The minimum atomic E-state index is -0.464. The van der Waals surface area contributed by atoms with Crippen LogP contribution < -0.4 is 0 Å². The monoisotopic (exact) mass is 458 g/mol. The van der Waals surface area contributed by atoms with Crippen molar-refractivity contribution in [1.82, 2.24) is 19.6 Å². The van der Waals surface area contributed by atoms with Gasteiger partial charge in [-0.1, -0.05) is 30.3 Å². The lowest BCUT2D eigenvalue weighted by atomic mass is 9.68. The first-order valence-electron chi connectivity index (χ1n) is 11.8. The highest BCUT2D eigenvalue weighted by atomic mass is 16.3. The zero-order valence-corrected chi connectivity index (χ0v) is 20.4. The number of rotatable bonds is 9. The van der Waals surface area contributed by atoms with E-state index in [4.69, 9.17) is 5.11 Å². The highest BCUT2D eigenvalue weighted by Crippen LogP contribution is 2.48. The molecule has 0 atom stereocenters. The minimum absolute atomic E-state index is 0.0213. The van der Waals surface area contributed by atoms with Crippen LogP contribution in [0.15, 0.2) is 30.3 Å². The molecule has 1 aromatic rings. The molecular formula is C25H38N4O4. The molecule has 0 radical (unpaired) electrons. The number of hydrogen-bond donors (Lipinski definition) is 1. The highest BCUT2D eigenvalue weighted by Gasteiger charge is 2.55. The fourth-order valence-electron chi connectivity index (χ4n) is 5.39. The second-order valence-corrected chi connectivity index (χ2v) is 9.90. The van der Waals surface area contributed by atoms with Crippen LogP contribution in [-0.4, -0.2) is 102 Å². The van der Waals surface area contributed by atoms with Crippen LogP contribution >= 0.6 is 0 Å². The van der Waals surface area contributed by atoms with Gasteiger partial charge in [0.25, 0.3) is 0 Å². The third-order valence-corrected chi connectivity index (χ3v) is 7.51. The summed E-state index contributed by atoms with van der Waals surface area (Å²) in [5, 5.41) is 9.02. The second kappa shape index (κ2) is 10.2. The van der Waals surface area contributed by atoms with Gasteiger partial charge in [0.15, 0.2) is 5.78 Å². The molecule has 3 rings (SSSR count). The van der Waals surface area contributed by atoms with E-state index in [-0.39, 0.29) is 49.4 Å². The summed E-state index contributed by atoms with van der Waals surface area (Å²) in [6.45, 7) is 0.465. The number of nitrogens with zero attached hydrogens (tertiary/aromatic N) is 4. The van der Waals surface area contributed by atoms with E-state index in [0.717, 1.165) is 25.7 Å². The van der Waals surface area contributed by atoms with E-state index in [1.807, 2.05) is 6.07 Å². The van der Waals surface area contributed by atoms with Crippen molar-refractivity contribution in [2.45, 2.75) is 49.6 Å². The molecule has 1 saturated heterocycles. The van der Waals surface area contributed by atoms with Gasteiger partial charge in [-0.05, 0) is 51.8 Å². The Bertz CT molecular complexity index is 847. The minimum Gasteiger partial charge on any atom is -0.396 e. The van der Waals surface area contributed by atoms with E-state index < -0.39 is 5.54 Å². The Morgan fingerprint density at radius 3 is 2.18 bits per heavy atom. The van der Waals surface area contributed by atoms with Gasteiger partial charge in [0.1, 0.15) is 6.54 Å².